The molecule has 0 aliphatic heterocycles. The summed E-state index contributed by atoms with van der Waals surface area (Å²) in [6, 6.07) is 0. The van der Waals surface area contributed by atoms with Gasteiger partial charge in [0.25, 0.3) is 4.95 Å². The van der Waals surface area contributed by atoms with E-state index in [1.165, 1.54) is 0 Å². The highest BCUT2D eigenvalue weighted by atomic mass is 79.9. The van der Waals surface area contributed by atoms with E-state index in [0.717, 1.165) is 6.42 Å². The summed E-state index contributed by atoms with van der Waals surface area (Å²) < 4.78 is 0. The van der Waals surface area contributed by atoms with E-state index < -0.39 is 16.0 Å². The first-order chi connectivity index (χ1) is 5.00. The van der Waals surface area contributed by atoms with Crippen LogP contribution in [0.15, 0.2) is 0 Å². The first-order valence-corrected chi connectivity index (χ1v) is 4.37. The third kappa shape index (κ3) is 3.16. The molecule has 0 rings (SSSR count). The van der Waals surface area contributed by atoms with Crippen molar-refractivity contribution in [3.05, 3.63) is 10.1 Å². The van der Waals surface area contributed by atoms with Crippen molar-refractivity contribution in [3.63, 3.8) is 0 Å². The molecule has 0 fully saturated rings. The van der Waals surface area contributed by atoms with E-state index in [-0.39, 0.29) is 5.92 Å². The van der Waals surface area contributed by atoms with Crippen molar-refractivity contribution < 1.29 is 10.0 Å². The molecule has 0 heterocycles. The lowest BCUT2D eigenvalue weighted by atomic mass is 10.0. The Balaban J connectivity index is 4.00. The molecular formula is C6H12BrNO3. The number of nitro groups is 1. The van der Waals surface area contributed by atoms with Crippen molar-refractivity contribution in [2.75, 3.05) is 0 Å². The minimum absolute atomic E-state index is 0.0511. The minimum atomic E-state index is -1.04. The topological polar surface area (TPSA) is 63.4 Å². The van der Waals surface area contributed by atoms with Crippen molar-refractivity contribution >= 4 is 15.9 Å². The Hall–Kier alpha value is -0.160. The van der Waals surface area contributed by atoms with Crippen LogP contribution in [0.2, 0.25) is 0 Å². The van der Waals surface area contributed by atoms with Crippen molar-refractivity contribution in [1.29, 1.82) is 0 Å². The molecule has 66 valence electrons. The van der Waals surface area contributed by atoms with E-state index in [0.29, 0.717) is 0 Å². The molecule has 3 atom stereocenters. The summed E-state index contributed by atoms with van der Waals surface area (Å²) in [7, 11) is 0. The zero-order valence-corrected chi connectivity index (χ0v) is 8.11. The van der Waals surface area contributed by atoms with Crippen LogP contribution in [0.3, 0.4) is 0 Å². The first kappa shape index (κ1) is 10.8. The van der Waals surface area contributed by atoms with Gasteiger partial charge in [-0.1, -0.05) is 20.3 Å². The lowest BCUT2D eigenvalue weighted by Gasteiger charge is -2.16. The van der Waals surface area contributed by atoms with Crippen LogP contribution >= 0.6 is 15.9 Å². The Morgan fingerprint density at radius 3 is 2.45 bits per heavy atom. The molecular weight excluding hydrogens is 214 g/mol. The minimum Gasteiger partial charge on any atom is -0.385 e. The third-order valence-electron chi connectivity index (χ3n) is 1.71. The van der Waals surface area contributed by atoms with E-state index in [1.807, 2.05) is 6.92 Å². The zero-order valence-electron chi connectivity index (χ0n) is 6.53. The largest absolute Gasteiger partial charge is 0.385 e. The van der Waals surface area contributed by atoms with E-state index >= 15 is 0 Å². The molecule has 0 aromatic heterocycles. The predicted molar refractivity (Wildman–Crippen MR) is 45.2 cm³/mol. The SMILES string of the molecule is CCC(C)C(O)C(Br)[N+](=O)[O-]. The fourth-order valence-corrected chi connectivity index (χ4v) is 1.16. The van der Waals surface area contributed by atoms with Crippen LogP contribution in [0, 0.1) is 16.0 Å². The molecule has 0 saturated heterocycles. The number of aliphatic hydroxyl groups is 1. The summed E-state index contributed by atoms with van der Waals surface area (Å²) in [5.41, 5.74) is 0. The molecule has 4 nitrogen and oxygen atoms in total. The summed E-state index contributed by atoms with van der Waals surface area (Å²) in [5.74, 6) is -0.0511. The monoisotopic (exact) mass is 225 g/mol. The van der Waals surface area contributed by atoms with Gasteiger partial charge in [0.05, 0.1) is 0 Å². The van der Waals surface area contributed by atoms with Crippen LogP contribution in [0.1, 0.15) is 20.3 Å². The molecule has 5 heteroatoms. The summed E-state index contributed by atoms with van der Waals surface area (Å²) in [6.07, 6.45) is -0.174. The van der Waals surface area contributed by atoms with Crippen molar-refractivity contribution in [3.8, 4) is 0 Å². The molecule has 0 aromatic carbocycles. The van der Waals surface area contributed by atoms with Gasteiger partial charge in [0, 0.05) is 4.92 Å². The van der Waals surface area contributed by atoms with Gasteiger partial charge in [-0.25, -0.2) is 0 Å². The van der Waals surface area contributed by atoms with Crippen LogP contribution in [0.25, 0.3) is 0 Å². The molecule has 0 bridgehead atoms. The summed E-state index contributed by atoms with van der Waals surface area (Å²) in [5, 5.41) is 19.4. The fraction of sp³-hybridized carbons (Fsp3) is 1.00. The van der Waals surface area contributed by atoms with Crippen LogP contribution < -0.4 is 0 Å². The standard InChI is InChI=1S/C6H12BrNO3/c1-3-4(2)5(9)6(7)8(10)11/h4-6,9H,3H2,1-2H3. The number of halogens is 1. The maximum absolute atomic E-state index is 10.2. The number of nitrogens with zero attached hydrogens (tertiary/aromatic N) is 1. The molecule has 11 heavy (non-hydrogen) atoms. The van der Waals surface area contributed by atoms with E-state index in [9.17, 15) is 15.2 Å². The second-order valence-electron chi connectivity index (χ2n) is 2.53. The van der Waals surface area contributed by atoms with Gasteiger partial charge in [-0.05, 0) is 21.8 Å². The maximum Gasteiger partial charge on any atom is 0.291 e. The average molecular weight is 226 g/mol. The molecule has 0 aromatic rings. The van der Waals surface area contributed by atoms with E-state index in [4.69, 9.17) is 0 Å². The second kappa shape index (κ2) is 4.66. The molecule has 0 saturated carbocycles. The smallest absolute Gasteiger partial charge is 0.291 e. The number of rotatable bonds is 4. The quantitative estimate of drug-likeness (QED) is 0.341. The Bertz CT molecular complexity index is 142. The van der Waals surface area contributed by atoms with E-state index in [1.54, 1.807) is 6.92 Å². The normalized spacial score (nSPS) is 18.9. The molecule has 0 radical (unpaired) electrons. The van der Waals surface area contributed by atoms with Crippen LogP contribution in [-0.2, 0) is 0 Å². The Kier molecular flexibility index (Phi) is 4.60. The average Bonchev–Trinajstić information content (AvgIpc) is 2.00. The highest BCUT2D eigenvalue weighted by Crippen LogP contribution is 2.16. The van der Waals surface area contributed by atoms with Gasteiger partial charge in [0.1, 0.15) is 6.10 Å². The number of alkyl halides is 1. The summed E-state index contributed by atoms with van der Waals surface area (Å²) in [4.78, 5) is 8.58. The zero-order chi connectivity index (χ0) is 9.02. The van der Waals surface area contributed by atoms with Gasteiger partial charge in [0.15, 0.2) is 0 Å². The van der Waals surface area contributed by atoms with Crippen molar-refractivity contribution in [2.24, 2.45) is 5.92 Å². The third-order valence-corrected chi connectivity index (χ3v) is 2.59. The molecule has 0 aliphatic rings. The van der Waals surface area contributed by atoms with Crippen LogP contribution in [-0.4, -0.2) is 21.1 Å². The molecule has 1 N–H and O–H groups in total. The fourth-order valence-electron chi connectivity index (χ4n) is 0.637. The number of hydrogen-bond acceptors (Lipinski definition) is 3. The molecule has 3 unspecified atom stereocenters. The Labute approximate surface area is 73.9 Å². The van der Waals surface area contributed by atoms with Gasteiger partial charge >= 0.3 is 0 Å². The lowest BCUT2D eigenvalue weighted by Crippen LogP contribution is -2.33. The van der Waals surface area contributed by atoms with Gasteiger partial charge < -0.3 is 5.11 Å². The predicted octanol–water partition coefficient (Wildman–Crippen LogP) is 1.39. The Morgan fingerprint density at radius 1 is 1.73 bits per heavy atom. The van der Waals surface area contributed by atoms with Gasteiger partial charge in [-0.15, -0.1) is 0 Å². The first-order valence-electron chi connectivity index (χ1n) is 3.46. The van der Waals surface area contributed by atoms with Crippen LogP contribution in [0.5, 0.6) is 0 Å². The lowest BCUT2D eigenvalue weighted by molar-refractivity contribution is -0.505. The number of aliphatic hydroxyl groups excluding tert-OH is 1. The van der Waals surface area contributed by atoms with Crippen molar-refractivity contribution in [1.82, 2.24) is 0 Å². The van der Waals surface area contributed by atoms with Crippen LogP contribution in [0.4, 0.5) is 0 Å². The number of hydrogen-bond donors (Lipinski definition) is 1. The van der Waals surface area contributed by atoms with Gasteiger partial charge in [0.2, 0.25) is 0 Å². The van der Waals surface area contributed by atoms with Crippen molar-refractivity contribution in [2.45, 2.75) is 31.3 Å². The van der Waals surface area contributed by atoms with Gasteiger partial charge in [-0.3, -0.25) is 10.1 Å². The Morgan fingerprint density at radius 2 is 2.18 bits per heavy atom. The summed E-state index contributed by atoms with van der Waals surface area (Å²) >= 11 is 2.80. The molecule has 0 spiro atoms. The summed E-state index contributed by atoms with van der Waals surface area (Å²) in [6.45, 7) is 3.66. The second-order valence-corrected chi connectivity index (χ2v) is 3.47. The maximum atomic E-state index is 10.2. The molecule has 0 aliphatic carbocycles. The molecule has 0 amide bonds. The highest BCUT2D eigenvalue weighted by molar-refractivity contribution is 9.09. The highest BCUT2D eigenvalue weighted by Gasteiger charge is 2.29. The van der Waals surface area contributed by atoms with E-state index in [2.05, 4.69) is 15.9 Å². The van der Waals surface area contributed by atoms with Gasteiger partial charge in [-0.2, -0.15) is 0 Å².